The lowest BCUT2D eigenvalue weighted by Crippen LogP contribution is -2.10. The topological polar surface area (TPSA) is 16.4 Å². The molecule has 1 heterocycles. The predicted octanol–water partition coefficient (Wildman–Crippen LogP) is 16.0. The fourth-order valence-electron chi connectivity index (χ4n) is 8.61. The molecule has 0 aliphatic heterocycles. The number of rotatable bonds is 7. The number of furan rings is 1. The van der Waals surface area contributed by atoms with Crippen molar-refractivity contribution < 1.29 is 4.42 Å². The molecule has 0 saturated heterocycles. The standard InChI is InChI=1S/C56H37NO/c1-2-11-38(12-3-1)45-16-8-17-48(37-45)57(46-32-27-40(28-33-46)39-23-25-43(26-24-39)50-20-9-15-41-13-4-6-18-49(41)50)47-34-29-44(30-35-47)51-21-10-22-54-55(51)53-36-31-42-14-5-7-19-52(42)56(53)58-54/h1-37H. The summed E-state index contributed by atoms with van der Waals surface area (Å²) in [6.45, 7) is 0. The Bertz CT molecular complexity index is 3250. The van der Waals surface area contributed by atoms with Gasteiger partial charge in [-0.3, -0.25) is 0 Å². The zero-order chi connectivity index (χ0) is 38.4. The second-order valence-electron chi connectivity index (χ2n) is 14.9. The van der Waals surface area contributed by atoms with Crippen molar-refractivity contribution in [2.45, 2.75) is 0 Å². The van der Waals surface area contributed by atoms with Gasteiger partial charge in [0, 0.05) is 33.2 Å². The Morgan fingerprint density at radius 3 is 1.57 bits per heavy atom. The fourth-order valence-corrected chi connectivity index (χ4v) is 8.61. The molecule has 0 unspecified atom stereocenters. The first kappa shape index (κ1) is 33.6. The highest BCUT2D eigenvalue weighted by molar-refractivity contribution is 6.19. The van der Waals surface area contributed by atoms with Crippen LogP contribution in [0, 0.1) is 0 Å². The van der Waals surface area contributed by atoms with Gasteiger partial charge in [0.15, 0.2) is 0 Å². The van der Waals surface area contributed by atoms with E-state index in [4.69, 9.17) is 4.42 Å². The monoisotopic (exact) mass is 739 g/mol. The molecule has 0 spiro atoms. The van der Waals surface area contributed by atoms with Gasteiger partial charge in [-0.05, 0) is 109 Å². The summed E-state index contributed by atoms with van der Waals surface area (Å²) in [4.78, 5) is 2.35. The molecule has 2 nitrogen and oxygen atoms in total. The molecular weight excluding hydrogens is 703 g/mol. The first-order valence-electron chi connectivity index (χ1n) is 19.8. The van der Waals surface area contributed by atoms with Gasteiger partial charge >= 0.3 is 0 Å². The van der Waals surface area contributed by atoms with Crippen LogP contribution in [-0.4, -0.2) is 0 Å². The van der Waals surface area contributed by atoms with Crippen molar-refractivity contribution in [3.8, 4) is 44.5 Å². The Hall–Kier alpha value is -7.68. The molecular formula is C56H37NO. The van der Waals surface area contributed by atoms with Crippen molar-refractivity contribution in [2.24, 2.45) is 0 Å². The predicted molar refractivity (Wildman–Crippen MR) is 245 cm³/mol. The molecule has 0 bridgehead atoms. The average molecular weight is 740 g/mol. The highest BCUT2D eigenvalue weighted by Crippen LogP contribution is 2.42. The molecule has 0 amide bonds. The molecule has 0 radical (unpaired) electrons. The first-order chi connectivity index (χ1) is 28.7. The number of benzene rings is 10. The second-order valence-corrected chi connectivity index (χ2v) is 14.9. The fraction of sp³-hybridized carbons (Fsp3) is 0. The van der Waals surface area contributed by atoms with Crippen molar-refractivity contribution in [3.05, 3.63) is 224 Å². The number of hydrogen-bond acceptors (Lipinski definition) is 2. The van der Waals surface area contributed by atoms with Crippen LogP contribution in [0.4, 0.5) is 17.1 Å². The van der Waals surface area contributed by atoms with Gasteiger partial charge in [-0.15, -0.1) is 0 Å². The zero-order valence-corrected chi connectivity index (χ0v) is 31.7. The Balaban J connectivity index is 0.968. The van der Waals surface area contributed by atoms with E-state index in [-0.39, 0.29) is 0 Å². The molecule has 0 N–H and O–H groups in total. The summed E-state index contributed by atoms with van der Waals surface area (Å²) >= 11 is 0. The number of hydrogen-bond donors (Lipinski definition) is 0. The highest BCUT2D eigenvalue weighted by Gasteiger charge is 2.17. The molecule has 11 aromatic rings. The lowest BCUT2D eigenvalue weighted by molar-refractivity contribution is 0.673. The van der Waals surface area contributed by atoms with Gasteiger partial charge in [0.1, 0.15) is 11.2 Å². The quantitative estimate of drug-likeness (QED) is 0.162. The molecule has 11 rings (SSSR count). The molecule has 0 aliphatic rings. The minimum Gasteiger partial charge on any atom is -0.455 e. The molecule has 1 aromatic heterocycles. The highest BCUT2D eigenvalue weighted by atomic mass is 16.3. The van der Waals surface area contributed by atoms with E-state index in [2.05, 4.69) is 229 Å². The van der Waals surface area contributed by atoms with Crippen LogP contribution in [0.3, 0.4) is 0 Å². The normalized spacial score (nSPS) is 11.4. The molecule has 2 heteroatoms. The Labute approximate surface area is 337 Å². The Kier molecular flexibility index (Phi) is 8.19. The number of anilines is 3. The molecule has 0 atom stereocenters. The lowest BCUT2D eigenvalue weighted by Gasteiger charge is -2.26. The van der Waals surface area contributed by atoms with Crippen LogP contribution < -0.4 is 4.90 Å². The van der Waals surface area contributed by atoms with E-state index in [1.54, 1.807) is 0 Å². The molecule has 58 heavy (non-hydrogen) atoms. The van der Waals surface area contributed by atoms with E-state index >= 15 is 0 Å². The smallest absolute Gasteiger partial charge is 0.143 e. The second kappa shape index (κ2) is 14.1. The maximum Gasteiger partial charge on any atom is 0.143 e. The van der Waals surface area contributed by atoms with Crippen molar-refractivity contribution in [3.63, 3.8) is 0 Å². The van der Waals surface area contributed by atoms with Gasteiger partial charge in [-0.25, -0.2) is 0 Å². The van der Waals surface area contributed by atoms with Gasteiger partial charge in [0.05, 0.1) is 0 Å². The summed E-state index contributed by atoms with van der Waals surface area (Å²) in [5.41, 5.74) is 14.6. The third-order valence-corrected chi connectivity index (χ3v) is 11.5. The summed E-state index contributed by atoms with van der Waals surface area (Å²) in [7, 11) is 0. The minimum absolute atomic E-state index is 0.899. The maximum atomic E-state index is 6.53. The van der Waals surface area contributed by atoms with Crippen molar-refractivity contribution in [1.29, 1.82) is 0 Å². The summed E-state index contributed by atoms with van der Waals surface area (Å²) in [6, 6.07) is 80.6. The molecule has 10 aromatic carbocycles. The third kappa shape index (κ3) is 5.91. The summed E-state index contributed by atoms with van der Waals surface area (Å²) < 4.78 is 6.53. The van der Waals surface area contributed by atoms with Gasteiger partial charge in [-0.2, -0.15) is 0 Å². The number of nitrogens with zero attached hydrogens (tertiary/aromatic N) is 1. The largest absolute Gasteiger partial charge is 0.455 e. The van der Waals surface area contributed by atoms with E-state index in [1.807, 2.05) is 0 Å². The van der Waals surface area contributed by atoms with Gasteiger partial charge in [-0.1, -0.05) is 176 Å². The summed E-state index contributed by atoms with van der Waals surface area (Å²) in [5.74, 6) is 0. The summed E-state index contributed by atoms with van der Waals surface area (Å²) in [5, 5.41) is 7.12. The SMILES string of the molecule is c1ccc(-c2cccc(N(c3ccc(-c4ccc(-c5cccc6ccccc56)cc4)cc3)c3ccc(-c4cccc5oc6c7ccccc7ccc6c45)cc3)c2)cc1. The van der Waals surface area contributed by atoms with Crippen molar-refractivity contribution in [1.82, 2.24) is 0 Å². The van der Waals surface area contributed by atoms with Crippen LogP contribution >= 0.6 is 0 Å². The first-order valence-corrected chi connectivity index (χ1v) is 19.8. The minimum atomic E-state index is 0.899. The van der Waals surface area contributed by atoms with Gasteiger partial charge in [0.2, 0.25) is 0 Å². The average Bonchev–Trinajstić information content (AvgIpc) is 3.70. The molecule has 0 aliphatic carbocycles. The Morgan fingerprint density at radius 1 is 0.293 bits per heavy atom. The Morgan fingerprint density at radius 2 is 0.810 bits per heavy atom. The van der Waals surface area contributed by atoms with Crippen molar-refractivity contribution in [2.75, 3.05) is 4.90 Å². The van der Waals surface area contributed by atoms with Crippen LogP contribution in [-0.2, 0) is 0 Å². The van der Waals surface area contributed by atoms with E-state index in [1.165, 1.54) is 49.5 Å². The zero-order valence-electron chi connectivity index (χ0n) is 31.7. The van der Waals surface area contributed by atoms with Gasteiger partial charge in [0.25, 0.3) is 0 Å². The van der Waals surface area contributed by atoms with E-state index < -0.39 is 0 Å². The van der Waals surface area contributed by atoms with Gasteiger partial charge < -0.3 is 9.32 Å². The van der Waals surface area contributed by atoms with Crippen LogP contribution in [0.5, 0.6) is 0 Å². The van der Waals surface area contributed by atoms with Crippen LogP contribution in [0.25, 0.3) is 88.0 Å². The number of fused-ring (bicyclic) bond motifs is 6. The van der Waals surface area contributed by atoms with E-state index in [0.29, 0.717) is 0 Å². The summed E-state index contributed by atoms with van der Waals surface area (Å²) in [6.07, 6.45) is 0. The van der Waals surface area contributed by atoms with Crippen LogP contribution in [0.15, 0.2) is 229 Å². The van der Waals surface area contributed by atoms with Crippen LogP contribution in [0.1, 0.15) is 0 Å². The third-order valence-electron chi connectivity index (χ3n) is 11.5. The van der Waals surface area contributed by atoms with E-state index in [9.17, 15) is 0 Å². The van der Waals surface area contributed by atoms with Crippen molar-refractivity contribution >= 4 is 60.5 Å². The molecule has 0 fully saturated rings. The molecule has 272 valence electrons. The molecule has 0 saturated carbocycles. The van der Waals surface area contributed by atoms with Crippen LogP contribution in [0.2, 0.25) is 0 Å². The van der Waals surface area contributed by atoms with E-state index in [0.717, 1.165) is 55.5 Å². The lowest BCUT2D eigenvalue weighted by atomic mass is 9.96. The maximum absolute atomic E-state index is 6.53.